The SMILES string of the molecule is Cn1ccnc1C1CNCCN1CCOc1ccc(C(F)(F)F)cc1. The number of aromatic nitrogens is 2. The van der Waals surface area contributed by atoms with Gasteiger partial charge in [-0.2, -0.15) is 13.2 Å². The maximum Gasteiger partial charge on any atom is 0.416 e. The molecular weight excluding hydrogens is 333 g/mol. The number of piperazine rings is 1. The first-order valence-corrected chi connectivity index (χ1v) is 8.17. The van der Waals surface area contributed by atoms with E-state index in [2.05, 4.69) is 15.2 Å². The Balaban J connectivity index is 1.56. The second kappa shape index (κ2) is 7.45. The third kappa shape index (κ3) is 4.32. The molecule has 5 nitrogen and oxygen atoms in total. The Morgan fingerprint density at radius 1 is 1.28 bits per heavy atom. The molecule has 3 rings (SSSR count). The summed E-state index contributed by atoms with van der Waals surface area (Å²) >= 11 is 0. The Bertz CT molecular complexity index is 684. The standard InChI is InChI=1S/C17H21F3N4O/c1-23-8-7-22-16(23)15-12-21-6-9-24(15)10-11-25-14-4-2-13(3-5-14)17(18,19)20/h2-5,7-8,15,21H,6,9-12H2,1H3. The molecule has 2 heterocycles. The highest BCUT2D eigenvalue weighted by molar-refractivity contribution is 5.28. The van der Waals surface area contributed by atoms with Gasteiger partial charge in [0.05, 0.1) is 11.6 Å². The van der Waals surface area contributed by atoms with Gasteiger partial charge >= 0.3 is 6.18 Å². The maximum absolute atomic E-state index is 12.6. The number of hydrogen-bond acceptors (Lipinski definition) is 4. The van der Waals surface area contributed by atoms with E-state index in [-0.39, 0.29) is 6.04 Å². The van der Waals surface area contributed by atoms with Gasteiger partial charge in [-0.25, -0.2) is 4.98 Å². The number of alkyl halides is 3. The summed E-state index contributed by atoms with van der Waals surface area (Å²) < 4.78 is 45.3. The highest BCUT2D eigenvalue weighted by atomic mass is 19.4. The predicted molar refractivity (Wildman–Crippen MR) is 87.3 cm³/mol. The molecule has 2 aromatic rings. The van der Waals surface area contributed by atoms with Crippen molar-refractivity contribution in [1.29, 1.82) is 0 Å². The van der Waals surface area contributed by atoms with Crippen molar-refractivity contribution in [2.24, 2.45) is 7.05 Å². The van der Waals surface area contributed by atoms with Crippen molar-refractivity contribution in [2.75, 3.05) is 32.8 Å². The molecule has 1 atom stereocenters. The van der Waals surface area contributed by atoms with Gasteiger partial charge in [-0.1, -0.05) is 0 Å². The van der Waals surface area contributed by atoms with Crippen molar-refractivity contribution in [1.82, 2.24) is 19.8 Å². The Hall–Kier alpha value is -2.06. The molecule has 0 aliphatic carbocycles. The fourth-order valence-corrected chi connectivity index (χ4v) is 2.99. The molecule has 1 fully saturated rings. The van der Waals surface area contributed by atoms with Gasteiger partial charge in [-0.15, -0.1) is 0 Å². The summed E-state index contributed by atoms with van der Waals surface area (Å²) in [5.41, 5.74) is -0.670. The molecule has 1 saturated heterocycles. The smallest absolute Gasteiger partial charge is 0.416 e. The molecule has 1 aliphatic rings. The van der Waals surface area contributed by atoms with E-state index in [0.29, 0.717) is 18.9 Å². The largest absolute Gasteiger partial charge is 0.492 e. The van der Waals surface area contributed by atoms with Crippen LogP contribution in [-0.4, -0.2) is 47.2 Å². The fraction of sp³-hybridized carbons (Fsp3) is 0.471. The number of nitrogens with one attached hydrogen (secondary N) is 1. The van der Waals surface area contributed by atoms with Crippen LogP contribution in [0.2, 0.25) is 0 Å². The molecule has 1 unspecified atom stereocenters. The van der Waals surface area contributed by atoms with Crippen LogP contribution in [0.4, 0.5) is 13.2 Å². The quantitative estimate of drug-likeness (QED) is 0.896. The van der Waals surface area contributed by atoms with Crippen LogP contribution in [0.5, 0.6) is 5.75 Å². The van der Waals surface area contributed by atoms with Crippen molar-refractivity contribution in [3.05, 3.63) is 48.0 Å². The van der Waals surface area contributed by atoms with Crippen LogP contribution in [-0.2, 0) is 13.2 Å². The summed E-state index contributed by atoms with van der Waals surface area (Å²) in [5, 5.41) is 3.37. The lowest BCUT2D eigenvalue weighted by Gasteiger charge is -2.35. The van der Waals surface area contributed by atoms with Crippen molar-refractivity contribution in [3.8, 4) is 5.75 Å². The van der Waals surface area contributed by atoms with Crippen LogP contribution in [0.15, 0.2) is 36.7 Å². The number of halogens is 3. The third-order valence-corrected chi connectivity index (χ3v) is 4.34. The van der Waals surface area contributed by atoms with Gasteiger partial charge in [-0.05, 0) is 24.3 Å². The molecule has 25 heavy (non-hydrogen) atoms. The van der Waals surface area contributed by atoms with Crippen molar-refractivity contribution in [3.63, 3.8) is 0 Å². The summed E-state index contributed by atoms with van der Waals surface area (Å²) in [7, 11) is 1.97. The van der Waals surface area contributed by atoms with Crippen LogP contribution in [0, 0.1) is 0 Å². The Labute approximate surface area is 144 Å². The van der Waals surface area contributed by atoms with Gasteiger partial charge < -0.3 is 14.6 Å². The van der Waals surface area contributed by atoms with Crippen LogP contribution in [0.25, 0.3) is 0 Å². The number of rotatable bonds is 5. The van der Waals surface area contributed by atoms with Gasteiger partial charge in [0, 0.05) is 45.6 Å². The molecule has 0 radical (unpaired) electrons. The van der Waals surface area contributed by atoms with Gasteiger partial charge in [0.2, 0.25) is 0 Å². The lowest BCUT2D eigenvalue weighted by atomic mass is 10.2. The number of hydrogen-bond donors (Lipinski definition) is 1. The molecule has 8 heteroatoms. The van der Waals surface area contributed by atoms with E-state index in [9.17, 15) is 13.2 Å². The van der Waals surface area contributed by atoms with E-state index >= 15 is 0 Å². The first-order valence-electron chi connectivity index (χ1n) is 8.17. The molecule has 0 bridgehead atoms. The zero-order valence-electron chi connectivity index (χ0n) is 14.0. The van der Waals surface area contributed by atoms with Gasteiger partial charge in [0.15, 0.2) is 0 Å². The normalized spacial score (nSPS) is 19.1. The van der Waals surface area contributed by atoms with E-state index in [1.165, 1.54) is 12.1 Å². The van der Waals surface area contributed by atoms with Crippen LogP contribution in [0.1, 0.15) is 17.4 Å². The minimum atomic E-state index is -4.32. The van der Waals surface area contributed by atoms with Crippen LogP contribution >= 0.6 is 0 Å². The second-order valence-corrected chi connectivity index (χ2v) is 6.02. The Morgan fingerprint density at radius 2 is 2.04 bits per heavy atom. The molecule has 1 N–H and O–H groups in total. The van der Waals surface area contributed by atoms with Crippen LogP contribution < -0.4 is 10.1 Å². The first-order chi connectivity index (χ1) is 11.9. The lowest BCUT2D eigenvalue weighted by Crippen LogP contribution is -2.48. The average molecular weight is 354 g/mol. The highest BCUT2D eigenvalue weighted by Gasteiger charge is 2.30. The molecule has 0 saturated carbocycles. The number of nitrogens with zero attached hydrogens (tertiary/aromatic N) is 3. The topological polar surface area (TPSA) is 42.3 Å². The first kappa shape index (κ1) is 17.8. The molecule has 1 aliphatic heterocycles. The van der Waals surface area contributed by atoms with Gasteiger partial charge in [0.25, 0.3) is 0 Å². The molecule has 0 amide bonds. The lowest BCUT2D eigenvalue weighted by molar-refractivity contribution is -0.137. The summed E-state index contributed by atoms with van der Waals surface area (Å²) in [6.45, 7) is 3.66. The summed E-state index contributed by atoms with van der Waals surface area (Å²) in [6.07, 6.45) is -0.629. The fourth-order valence-electron chi connectivity index (χ4n) is 2.99. The maximum atomic E-state index is 12.6. The van der Waals surface area contributed by atoms with E-state index in [0.717, 1.165) is 37.6 Å². The predicted octanol–water partition coefficient (Wildman–Crippen LogP) is 2.46. The summed E-state index contributed by atoms with van der Waals surface area (Å²) in [5.74, 6) is 1.43. The van der Waals surface area contributed by atoms with E-state index in [1.54, 1.807) is 6.20 Å². The molecule has 0 spiro atoms. The molecular formula is C17H21F3N4O. The molecule has 1 aromatic heterocycles. The highest BCUT2D eigenvalue weighted by Crippen LogP contribution is 2.30. The van der Waals surface area contributed by atoms with E-state index in [4.69, 9.17) is 4.74 Å². The van der Waals surface area contributed by atoms with Crippen molar-refractivity contribution >= 4 is 0 Å². The van der Waals surface area contributed by atoms with Gasteiger partial charge in [0.1, 0.15) is 18.2 Å². The zero-order chi connectivity index (χ0) is 17.9. The molecule has 1 aromatic carbocycles. The minimum Gasteiger partial charge on any atom is -0.492 e. The monoisotopic (exact) mass is 354 g/mol. The Kier molecular flexibility index (Phi) is 5.29. The average Bonchev–Trinajstić information content (AvgIpc) is 3.01. The minimum absolute atomic E-state index is 0.157. The van der Waals surface area contributed by atoms with Crippen molar-refractivity contribution in [2.45, 2.75) is 12.2 Å². The zero-order valence-corrected chi connectivity index (χ0v) is 14.0. The van der Waals surface area contributed by atoms with Crippen LogP contribution in [0.3, 0.4) is 0 Å². The second-order valence-electron chi connectivity index (χ2n) is 6.02. The third-order valence-electron chi connectivity index (χ3n) is 4.34. The van der Waals surface area contributed by atoms with E-state index < -0.39 is 11.7 Å². The number of imidazole rings is 1. The number of aryl methyl sites for hydroxylation is 1. The number of benzene rings is 1. The number of ether oxygens (including phenoxy) is 1. The molecule has 136 valence electrons. The van der Waals surface area contributed by atoms with E-state index in [1.807, 2.05) is 17.8 Å². The van der Waals surface area contributed by atoms with Crippen molar-refractivity contribution < 1.29 is 17.9 Å². The summed E-state index contributed by atoms with van der Waals surface area (Å²) in [4.78, 5) is 6.70. The van der Waals surface area contributed by atoms with Gasteiger partial charge in [-0.3, -0.25) is 4.90 Å². The Morgan fingerprint density at radius 3 is 2.68 bits per heavy atom. The summed E-state index contributed by atoms with van der Waals surface area (Å²) in [6, 6.07) is 4.95.